The highest BCUT2D eigenvalue weighted by Crippen LogP contribution is 2.16. The van der Waals surface area contributed by atoms with E-state index >= 15 is 0 Å². The zero-order valence-corrected chi connectivity index (χ0v) is 16.7. The fourth-order valence-electron chi connectivity index (χ4n) is 3.44. The van der Waals surface area contributed by atoms with Crippen molar-refractivity contribution < 1.29 is 23.6 Å². The van der Waals surface area contributed by atoms with Crippen LogP contribution in [0.15, 0.2) is 48.8 Å². The molecule has 162 valence electrons. The van der Waals surface area contributed by atoms with Crippen LogP contribution in [0.2, 0.25) is 0 Å². The van der Waals surface area contributed by atoms with Gasteiger partial charge in [0.25, 0.3) is 5.91 Å². The molecule has 0 bridgehead atoms. The van der Waals surface area contributed by atoms with Crippen molar-refractivity contribution in [2.45, 2.75) is 31.3 Å². The summed E-state index contributed by atoms with van der Waals surface area (Å²) in [6.07, 6.45) is 3.69. The maximum absolute atomic E-state index is 13.4. The summed E-state index contributed by atoms with van der Waals surface area (Å²) in [5, 5.41) is 7.89. The first-order valence-corrected chi connectivity index (χ1v) is 9.95. The highest BCUT2D eigenvalue weighted by Gasteiger charge is 2.30. The van der Waals surface area contributed by atoms with Crippen LogP contribution in [0.3, 0.4) is 0 Å². The van der Waals surface area contributed by atoms with Crippen molar-refractivity contribution in [3.63, 3.8) is 0 Å². The summed E-state index contributed by atoms with van der Waals surface area (Å²) in [6.45, 7) is 0.539. The second kappa shape index (κ2) is 10.4. The van der Waals surface area contributed by atoms with E-state index in [0.29, 0.717) is 19.3 Å². The van der Waals surface area contributed by atoms with Crippen molar-refractivity contribution in [1.29, 1.82) is 0 Å². The fraction of sp³-hybridized carbons (Fsp3) is 0.318. The molecular formula is C22H23FN4O4. The second-order valence-electron chi connectivity index (χ2n) is 7.37. The second-order valence-corrected chi connectivity index (χ2v) is 7.37. The van der Waals surface area contributed by atoms with Crippen LogP contribution in [-0.2, 0) is 20.8 Å². The molecule has 0 spiro atoms. The Morgan fingerprint density at radius 1 is 1.23 bits per heavy atom. The molecule has 8 nitrogen and oxygen atoms in total. The Hall–Kier alpha value is -3.62. The standard InChI is InChI=1S/C22H23FN4O4/c23-17-9-16(11-24-12-17)21(30)27-19(8-14-4-2-1-3-5-14)22(31)26-18(13-28)10-15-6-7-25-20(15)29/h1-5,9,11-13,15,18-19H,6-8,10H2,(H,25,29)(H,26,31)(H,27,30)/t15-,18-,19-/m0/s1. The van der Waals surface area contributed by atoms with Crippen LogP contribution < -0.4 is 16.0 Å². The first kappa shape index (κ1) is 22.1. The van der Waals surface area contributed by atoms with Crippen LogP contribution >= 0.6 is 0 Å². The molecule has 31 heavy (non-hydrogen) atoms. The third-order valence-corrected chi connectivity index (χ3v) is 5.06. The monoisotopic (exact) mass is 426 g/mol. The van der Waals surface area contributed by atoms with E-state index in [1.54, 1.807) is 24.3 Å². The lowest BCUT2D eigenvalue weighted by molar-refractivity contribution is -0.127. The lowest BCUT2D eigenvalue weighted by Gasteiger charge is -2.22. The summed E-state index contributed by atoms with van der Waals surface area (Å²) in [6, 6.07) is 8.17. The van der Waals surface area contributed by atoms with E-state index in [-0.39, 0.29) is 30.2 Å². The molecule has 2 aromatic rings. The van der Waals surface area contributed by atoms with E-state index < -0.39 is 29.7 Å². The molecule has 1 aromatic heterocycles. The van der Waals surface area contributed by atoms with Crippen LogP contribution in [-0.4, -0.2) is 47.6 Å². The van der Waals surface area contributed by atoms with Crippen molar-refractivity contribution >= 4 is 24.0 Å². The van der Waals surface area contributed by atoms with Crippen molar-refractivity contribution in [3.05, 3.63) is 65.7 Å². The van der Waals surface area contributed by atoms with E-state index in [9.17, 15) is 23.6 Å². The Labute approximate surface area is 178 Å². The molecule has 1 fully saturated rings. The molecule has 0 unspecified atom stereocenters. The zero-order valence-electron chi connectivity index (χ0n) is 16.7. The van der Waals surface area contributed by atoms with Gasteiger partial charge in [0.1, 0.15) is 18.1 Å². The highest BCUT2D eigenvalue weighted by molar-refractivity contribution is 5.97. The molecule has 1 aliphatic heterocycles. The molecule has 3 rings (SSSR count). The van der Waals surface area contributed by atoms with Crippen LogP contribution in [0, 0.1) is 11.7 Å². The van der Waals surface area contributed by atoms with Gasteiger partial charge in [-0.25, -0.2) is 4.39 Å². The predicted octanol–water partition coefficient (Wildman–Crippen LogP) is 0.772. The minimum atomic E-state index is -1.02. The number of amides is 3. The molecule has 0 radical (unpaired) electrons. The summed E-state index contributed by atoms with van der Waals surface area (Å²) in [5.41, 5.74) is 0.763. The number of aromatic nitrogens is 1. The van der Waals surface area contributed by atoms with Crippen molar-refractivity contribution in [1.82, 2.24) is 20.9 Å². The van der Waals surface area contributed by atoms with Crippen molar-refractivity contribution in [2.24, 2.45) is 5.92 Å². The lowest BCUT2D eigenvalue weighted by atomic mass is 9.98. The van der Waals surface area contributed by atoms with Gasteiger partial charge in [0, 0.05) is 25.1 Å². The largest absolute Gasteiger partial charge is 0.356 e. The number of nitrogens with one attached hydrogen (secondary N) is 3. The maximum Gasteiger partial charge on any atom is 0.253 e. The first-order valence-electron chi connectivity index (χ1n) is 9.95. The van der Waals surface area contributed by atoms with E-state index in [1.807, 2.05) is 6.07 Å². The highest BCUT2D eigenvalue weighted by atomic mass is 19.1. The number of nitrogens with zero attached hydrogens (tertiary/aromatic N) is 1. The molecule has 0 saturated carbocycles. The Morgan fingerprint density at radius 2 is 2.00 bits per heavy atom. The van der Waals surface area contributed by atoms with Crippen molar-refractivity contribution in [2.75, 3.05) is 6.54 Å². The molecule has 2 heterocycles. The van der Waals surface area contributed by atoms with Crippen LogP contribution in [0.4, 0.5) is 4.39 Å². The number of halogens is 1. The molecule has 1 aliphatic rings. The molecule has 1 aromatic carbocycles. The molecule has 3 atom stereocenters. The third-order valence-electron chi connectivity index (χ3n) is 5.06. The summed E-state index contributed by atoms with van der Waals surface area (Å²) in [4.78, 5) is 52.4. The number of rotatable bonds is 9. The normalized spacial score (nSPS) is 17.3. The topological polar surface area (TPSA) is 117 Å². The zero-order chi connectivity index (χ0) is 22.2. The third kappa shape index (κ3) is 6.18. The molecule has 3 amide bonds. The Morgan fingerprint density at radius 3 is 2.65 bits per heavy atom. The van der Waals surface area contributed by atoms with Crippen LogP contribution in [0.25, 0.3) is 0 Å². The predicted molar refractivity (Wildman–Crippen MR) is 109 cm³/mol. The summed E-state index contributed by atoms with van der Waals surface area (Å²) in [7, 11) is 0. The summed E-state index contributed by atoms with van der Waals surface area (Å²) < 4.78 is 13.4. The maximum atomic E-state index is 13.4. The van der Waals surface area contributed by atoms with Gasteiger partial charge in [0.2, 0.25) is 11.8 Å². The molecule has 9 heteroatoms. The van der Waals surface area contributed by atoms with E-state index in [0.717, 1.165) is 17.8 Å². The first-order chi connectivity index (χ1) is 15.0. The lowest BCUT2D eigenvalue weighted by Crippen LogP contribution is -2.51. The van der Waals surface area contributed by atoms with Gasteiger partial charge in [-0.2, -0.15) is 0 Å². The Bertz CT molecular complexity index is 954. The van der Waals surface area contributed by atoms with Crippen molar-refractivity contribution in [3.8, 4) is 0 Å². The average molecular weight is 426 g/mol. The van der Waals surface area contributed by atoms with Gasteiger partial charge in [0.05, 0.1) is 17.8 Å². The molecule has 3 N–H and O–H groups in total. The summed E-state index contributed by atoms with van der Waals surface area (Å²) in [5.74, 6) is -2.41. The SMILES string of the molecule is O=C[C@H](C[C@@H]1CCNC1=O)NC(=O)[C@H](Cc1ccccc1)NC(=O)c1cncc(F)c1. The van der Waals surface area contributed by atoms with E-state index in [2.05, 4.69) is 20.9 Å². The number of pyridine rings is 1. The number of carbonyl (C=O) groups is 4. The van der Waals surface area contributed by atoms with Gasteiger partial charge >= 0.3 is 0 Å². The smallest absolute Gasteiger partial charge is 0.253 e. The number of hydrogen-bond acceptors (Lipinski definition) is 5. The van der Waals surface area contributed by atoms with Crippen LogP contribution in [0.5, 0.6) is 0 Å². The van der Waals surface area contributed by atoms with Gasteiger partial charge in [-0.15, -0.1) is 0 Å². The Balaban J connectivity index is 1.72. The number of benzene rings is 1. The summed E-state index contributed by atoms with van der Waals surface area (Å²) >= 11 is 0. The molecular weight excluding hydrogens is 403 g/mol. The minimum Gasteiger partial charge on any atom is -0.356 e. The van der Waals surface area contributed by atoms with E-state index in [4.69, 9.17) is 0 Å². The van der Waals surface area contributed by atoms with Gasteiger partial charge < -0.3 is 20.7 Å². The number of aldehydes is 1. The van der Waals surface area contributed by atoms with Gasteiger partial charge in [-0.1, -0.05) is 30.3 Å². The van der Waals surface area contributed by atoms with Gasteiger partial charge in [-0.3, -0.25) is 19.4 Å². The number of hydrogen-bond donors (Lipinski definition) is 3. The van der Waals surface area contributed by atoms with Crippen LogP contribution in [0.1, 0.15) is 28.8 Å². The number of carbonyl (C=O) groups excluding carboxylic acids is 4. The van der Waals surface area contributed by atoms with E-state index in [1.165, 1.54) is 6.20 Å². The average Bonchev–Trinajstić information content (AvgIpc) is 3.17. The fourth-order valence-corrected chi connectivity index (χ4v) is 3.44. The molecule has 0 aliphatic carbocycles. The quantitative estimate of drug-likeness (QED) is 0.512. The Kier molecular flexibility index (Phi) is 7.42. The van der Waals surface area contributed by atoms with Gasteiger partial charge in [0.15, 0.2) is 0 Å². The molecule has 1 saturated heterocycles. The minimum absolute atomic E-state index is 0.0274. The van der Waals surface area contributed by atoms with Gasteiger partial charge in [-0.05, 0) is 24.5 Å².